The minimum Gasteiger partial charge on any atom is -0.288 e. The van der Waals surface area contributed by atoms with Crippen molar-refractivity contribution in [2.45, 2.75) is 0 Å². The van der Waals surface area contributed by atoms with E-state index in [4.69, 9.17) is 5.26 Å². The summed E-state index contributed by atoms with van der Waals surface area (Å²) in [7, 11) is 0. The SMILES string of the molecule is N#C/C(=C\c1cc(Br)cs1)C(=O)c1ccccc1. The molecule has 0 N–H and O–H groups in total. The van der Waals surface area contributed by atoms with Gasteiger partial charge in [0.2, 0.25) is 5.78 Å². The second-order valence-electron chi connectivity index (χ2n) is 3.53. The zero-order valence-electron chi connectivity index (χ0n) is 9.26. The number of hydrogen-bond acceptors (Lipinski definition) is 3. The fraction of sp³-hybridized carbons (Fsp3) is 0. The number of allylic oxidation sites excluding steroid dienone is 1. The molecular weight excluding hydrogens is 310 g/mol. The Morgan fingerprint density at radius 2 is 2.06 bits per heavy atom. The molecule has 0 aliphatic carbocycles. The largest absolute Gasteiger partial charge is 0.288 e. The molecule has 1 aromatic heterocycles. The average Bonchev–Trinajstić information content (AvgIpc) is 2.82. The van der Waals surface area contributed by atoms with Gasteiger partial charge in [-0.15, -0.1) is 11.3 Å². The van der Waals surface area contributed by atoms with Crippen molar-refractivity contribution in [3.63, 3.8) is 0 Å². The van der Waals surface area contributed by atoms with Gasteiger partial charge in [-0.25, -0.2) is 0 Å². The maximum atomic E-state index is 12.1. The van der Waals surface area contributed by atoms with Crippen LogP contribution in [0.2, 0.25) is 0 Å². The number of carbonyl (C=O) groups is 1. The quantitative estimate of drug-likeness (QED) is 0.481. The van der Waals surface area contributed by atoms with Crippen molar-refractivity contribution in [1.29, 1.82) is 5.26 Å². The number of ketones is 1. The Balaban J connectivity index is 2.33. The summed E-state index contributed by atoms with van der Waals surface area (Å²) < 4.78 is 0.947. The van der Waals surface area contributed by atoms with Crippen LogP contribution in [-0.4, -0.2) is 5.78 Å². The monoisotopic (exact) mass is 317 g/mol. The highest BCUT2D eigenvalue weighted by atomic mass is 79.9. The van der Waals surface area contributed by atoms with Gasteiger partial charge in [-0.2, -0.15) is 5.26 Å². The van der Waals surface area contributed by atoms with E-state index in [0.29, 0.717) is 5.56 Å². The van der Waals surface area contributed by atoms with E-state index in [1.165, 1.54) is 11.3 Å². The molecule has 0 atom stereocenters. The molecule has 0 fully saturated rings. The summed E-state index contributed by atoms with van der Waals surface area (Å²) in [5, 5.41) is 11.0. The van der Waals surface area contributed by atoms with E-state index in [0.717, 1.165) is 9.35 Å². The van der Waals surface area contributed by atoms with Crippen LogP contribution in [0.3, 0.4) is 0 Å². The van der Waals surface area contributed by atoms with Gasteiger partial charge >= 0.3 is 0 Å². The number of nitriles is 1. The van der Waals surface area contributed by atoms with Gasteiger partial charge in [-0.1, -0.05) is 30.3 Å². The summed E-state index contributed by atoms with van der Waals surface area (Å²) in [5.41, 5.74) is 0.677. The number of benzene rings is 1. The summed E-state index contributed by atoms with van der Waals surface area (Å²) >= 11 is 4.82. The van der Waals surface area contributed by atoms with Crippen LogP contribution >= 0.6 is 27.3 Å². The minimum atomic E-state index is -0.248. The number of thiophene rings is 1. The molecule has 0 amide bonds. The van der Waals surface area contributed by atoms with Crippen molar-refractivity contribution in [1.82, 2.24) is 0 Å². The van der Waals surface area contributed by atoms with Gasteiger partial charge in [0, 0.05) is 20.3 Å². The number of nitrogens with zero attached hydrogens (tertiary/aromatic N) is 1. The molecule has 0 aliphatic rings. The van der Waals surface area contributed by atoms with Crippen molar-refractivity contribution >= 4 is 39.1 Å². The lowest BCUT2D eigenvalue weighted by Gasteiger charge is -1.97. The van der Waals surface area contributed by atoms with Crippen molar-refractivity contribution in [3.8, 4) is 6.07 Å². The summed E-state index contributed by atoms with van der Waals surface area (Å²) in [5.74, 6) is -0.248. The van der Waals surface area contributed by atoms with E-state index >= 15 is 0 Å². The highest BCUT2D eigenvalue weighted by Gasteiger charge is 2.11. The Bertz CT molecular complexity index is 637. The summed E-state index contributed by atoms with van der Waals surface area (Å²) in [6, 6.07) is 12.6. The Labute approximate surface area is 117 Å². The molecule has 0 bridgehead atoms. The van der Waals surface area contributed by atoms with Crippen LogP contribution < -0.4 is 0 Å². The van der Waals surface area contributed by atoms with Gasteiger partial charge in [-0.05, 0) is 28.1 Å². The van der Waals surface area contributed by atoms with Crippen LogP contribution in [0.1, 0.15) is 15.2 Å². The van der Waals surface area contributed by atoms with Crippen LogP contribution in [0.15, 0.2) is 51.8 Å². The summed E-state index contributed by atoms with van der Waals surface area (Å²) in [4.78, 5) is 13.0. The van der Waals surface area contributed by atoms with Crippen LogP contribution in [0.5, 0.6) is 0 Å². The molecule has 1 heterocycles. The Morgan fingerprint density at radius 3 is 2.61 bits per heavy atom. The number of halogens is 1. The number of carbonyl (C=O) groups excluding carboxylic acids is 1. The summed E-state index contributed by atoms with van der Waals surface area (Å²) in [6.45, 7) is 0. The Hall–Kier alpha value is -1.70. The number of rotatable bonds is 3. The average molecular weight is 318 g/mol. The van der Waals surface area contributed by atoms with Gasteiger partial charge in [-0.3, -0.25) is 4.79 Å². The molecule has 0 spiro atoms. The molecule has 18 heavy (non-hydrogen) atoms. The first-order chi connectivity index (χ1) is 8.70. The molecule has 2 nitrogen and oxygen atoms in total. The van der Waals surface area contributed by atoms with Crippen LogP contribution in [0, 0.1) is 11.3 Å². The molecular formula is C14H8BrNOS. The van der Waals surface area contributed by atoms with E-state index in [1.54, 1.807) is 30.3 Å². The number of Topliss-reactive ketones (excluding diaryl/α,β-unsaturated/α-hetero) is 1. The van der Waals surface area contributed by atoms with Crippen molar-refractivity contribution in [2.75, 3.05) is 0 Å². The fourth-order valence-electron chi connectivity index (χ4n) is 1.44. The zero-order chi connectivity index (χ0) is 13.0. The predicted molar refractivity (Wildman–Crippen MR) is 76.4 cm³/mol. The van der Waals surface area contributed by atoms with Crippen LogP contribution in [0.4, 0.5) is 0 Å². The molecule has 88 valence electrons. The smallest absolute Gasteiger partial charge is 0.203 e. The molecule has 1 aromatic carbocycles. The maximum absolute atomic E-state index is 12.1. The van der Waals surface area contributed by atoms with Gasteiger partial charge in [0.05, 0.1) is 0 Å². The Kier molecular flexibility index (Phi) is 4.08. The molecule has 4 heteroatoms. The molecule has 2 aromatic rings. The van der Waals surface area contributed by atoms with Crippen LogP contribution in [-0.2, 0) is 0 Å². The van der Waals surface area contributed by atoms with Crippen molar-refractivity contribution in [2.24, 2.45) is 0 Å². The normalized spacial score (nSPS) is 11.0. The third kappa shape index (κ3) is 2.95. The lowest BCUT2D eigenvalue weighted by atomic mass is 10.0. The van der Waals surface area contributed by atoms with Gasteiger partial charge < -0.3 is 0 Å². The molecule has 0 unspecified atom stereocenters. The summed E-state index contributed by atoms with van der Waals surface area (Å²) in [6.07, 6.45) is 1.62. The van der Waals surface area contributed by atoms with Crippen molar-refractivity contribution < 1.29 is 4.79 Å². The standard InChI is InChI=1S/C14H8BrNOS/c15-12-7-13(18-9-12)6-11(8-16)14(17)10-4-2-1-3-5-10/h1-7,9H/b11-6+. The maximum Gasteiger partial charge on any atom is 0.203 e. The third-order valence-electron chi connectivity index (χ3n) is 2.28. The highest BCUT2D eigenvalue weighted by Crippen LogP contribution is 2.22. The zero-order valence-corrected chi connectivity index (χ0v) is 11.7. The van der Waals surface area contributed by atoms with E-state index < -0.39 is 0 Å². The molecule has 0 saturated heterocycles. The van der Waals surface area contributed by atoms with Gasteiger partial charge in [0.25, 0.3) is 0 Å². The second kappa shape index (κ2) is 5.76. The molecule has 0 saturated carbocycles. The first-order valence-electron chi connectivity index (χ1n) is 5.16. The first kappa shape index (κ1) is 12.7. The lowest BCUT2D eigenvalue weighted by molar-refractivity contribution is 0.104. The minimum absolute atomic E-state index is 0.149. The highest BCUT2D eigenvalue weighted by molar-refractivity contribution is 9.10. The predicted octanol–water partition coefficient (Wildman–Crippen LogP) is 4.30. The van der Waals surface area contributed by atoms with Crippen LogP contribution in [0.25, 0.3) is 6.08 Å². The van der Waals surface area contributed by atoms with E-state index in [2.05, 4.69) is 15.9 Å². The van der Waals surface area contributed by atoms with E-state index in [1.807, 2.05) is 23.6 Å². The second-order valence-corrected chi connectivity index (χ2v) is 5.39. The van der Waals surface area contributed by atoms with E-state index in [-0.39, 0.29) is 11.4 Å². The van der Waals surface area contributed by atoms with Gasteiger partial charge in [0.15, 0.2) is 0 Å². The lowest BCUT2D eigenvalue weighted by Crippen LogP contribution is -2.01. The van der Waals surface area contributed by atoms with Gasteiger partial charge in [0.1, 0.15) is 11.6 Å². The molecule has 0 aliphatic heterocycles. The van der Waals surface area contributed by atoms with E-state index in [9.17, 15) is 4.79 Å². The number of hydrogen-bond donors (Lipinski definition) is 0. The fourth-order valence-corrected chi connectivity index (χ4v) is 2.82. The third-order valence-corrected chi connectivity index (χ3v) is 3.92. The topological polar surface area (TPSA) is 40.9 Å². The Morgan fingerprint density at radius 1 is 1.33 bits per heavy atom. The molecule has 2 rings (SSSR count). The molecule has 0 radical (unpaired) electrons. The van der Waals surface area contributed by atoms with Crippen molar-refractivity contribution in [3.05, 3.63) is 62.3 Å². The first-order valence-corrected chi connectivity index (χ1v) is 6.83.